The minimum Gasteiger partial charge on any atom is -0.472 e. The van der Waals surface area contributed by atoms with Crippen LogP contribution in [0.3, 0.4) is 0 Å². The van der Waals surface area contributed by atoms with Crippen LogP contribution >= 0.6 is 0 Å². The lowest BCUT2D eigenvalue weighted by atomic mass is 10.2. The van der Waals surface area contributed by atoms with Gasteiger partial charge >= 0.3 is 6.18 Å². The highest BCUT2D eigenvalue weighted by molar-refractivity contribution is 7.86. The number of ether oxygens (including phenoxy) is 1. The predicted octanol–water partition coefficient (Wildman–Crippen LogP) is 0.970. The number of rotatable bonds is 4. The van der Waals surface area contributed by atoms with Crippen LogP contribution in [-0.4, -0.2) is 55.3 Å². The van der Waals surface area contributed by atoms with Crippen molar-refractivity contribution in [1.82, 2.24) is 13.6 Å². The summed E-state index contributed by atoms with van der Waals surface area (Å²) in [7, 11) is -0.639. The molecule has 2 heterocycles. The third-order valence-corrected chi connectivity index (χ3v) is 4.83. The lowest BCUT2D eigenvalue weighted by molar-refractivity contribution is -0.137. The highest BCUT2D eigenvalue weighted by atomic mass is 32.2. The Hall–Kier alpha value is -1.39. The summed E-state index contributed by atoms with van der Waals surface area (Å²) in [5, 5.41) is 0. The first kappa shape index (κ1) is 16.0. The molecule has 1 saturated heterocycles. The molecule has 0 atom stereocenters. The summed E-state index contributed by atoms with van der Waals surface area (Å²) < 4.78 is 68.1. The SMILES string of the molecule is CN(C)S(=O)(=O)N1CC(Oc2ccc(C(F)(F)F)cn2)C1. The second kappa shape index (κ2) is 5.43. The number of pyridine rings is 1. The van der Waals surface area contributed by atoms with Gasteiger partial charge in [-0.2, -0.15) is 30.2 Å². The molecule has 0 bridgehead atoms. The van der Waals surface area contributed by atoms with Crippen LogP contribution in [0.25, 0.3) is 0 Å². The molecular formula is C11H14F3N3O3S. The highest BCUT2D eigenvalue weighted by Crippen LogP contribution is 2.29. The van der Waals surface area contributed by atoms with Gasteiger partial charge in [-0.1, -0.05) is 0 Å². The van der Waals surface area contributed by atoms with Gasteiger partial charge in [-0.05, 0) is 6.07 Å². The minimum absolute atomic E-state index is 0.0369. The summed E-state index contributed by atoms with van der Waals surface area (Å²) in [6, 6.07) is 1.99. The van der Waals surface area contributed by atoms with Crippen LogP contribution < -0.4 is 4.74 Å². The van der Waals surface area contributed by atoms with Crippen molar-refractivity contribution in [2.75, 3.05) is 27.2 Å². The molecule has 1 fully saturated rings. The maximum absolute atomic E-state index is 12.4. The topological polar surface area (TPSA) is 62.7 Å². The quantitative estimate of drug-likeness (QED) is 0.827. The minimum atomic E-state index is -4.45. The van der Waals surface area contributed by atoms with E-state index in [1.807, 2.05) is 0 Å². The molecular weight excluding hydrogens is 311 g/mol. The van der Waals surface area contributed by atoms with Gasteiger partial charge in [-0.25, -0.2) is 4.98 Å². The maximum atomic E-state index is 12.4. The van der Waals surface area contributed by atoms with Crippen LogP contribution in [0.15, 0.2) is 18.3 Å². The van der Waals surface area contributed by atoms with E-state index in [-0.39, 0.29) is 19.0 Å². The summed E-state index contributed by atoms with van der Waals surface area (Å²) >= 11 is 0. The van der Waals surface area contributed by atoms with Gasteiger partial charge in [0.1, 0.15) is 6.10 Å². The molecule has 2 rings (SSSR count). The van der Waals surface area contributed by atoms with Crippen LogP contribution in [0.2, 0.25) is 0 Å². The van der Waals surface area contributed by atoms with Crippen molar-refractivity contribution in [1.29, 1.82) is 0 Å². The summed E-state index contributed by atoms with van der Waals surface area (Å²) in [6.45, 7) is 0.284. The molecule has 0 amide bonds. The second-order valence-electron chi connectivity index (χ2n) is 4.73. The van der Waals surface area contributed by atoms with Crippen LogP contribution in [0, 0.1) is 0 Å². The Balaban J connectivity index is 1.91. The van der Waals surface area contributed by atoms with E-state index >= 15 is 0 Å². The lowest BCUT2D eigenvalue weighted by Crippen LogP contribution is -2.58. The number of hydrogen-bond acceptors (Lipinski definition) is 4. The van der Waals surface area contributed by atoms with E-state index in [1.165, 1.54) is 18.4 Å². The van der Waals surface area contributed by atoms with E-state index in [9.17, 15) is 21.6 Å². The van der Waals surface area contributed by atoms with E-state index in [1.54, 1.807) is 0 Å². The zero-order valence-corrected chi connectivity index (χ0v) is 12.1. The first-order chi connectivity index (χ1) is 9.60. The van der Waals surface area contributed by atoms with Crippen molar-refractivity contribution in [3.63, 3.8) is 0 Å². The summed E-state index contributed by atoms with van der Waals surface area (Å²) in [5.74, 6) is 0.0369. The fraction of sp³-hybridized carbons (Fsp3) is 0.545. The Morgan fingerprint density at radius 1 is 1.33 bits per heavy atom. The van der Waals surface area contributed by atoms with E-state index in [0.29, 0.717) is 6.20 Å². The number of nitrogens with zero attached hydrogens (tertiary/aromatic N) is 3. The average molecular weight is 325 g/mol. The predicted molar refractivity (Wildman–Crippen MR) is 67.8 cm³/mol. The van der Waals surface area contributed by atoms with Crippen molar-refractivity contribution < 1.29 is 26.3 Å². The van der Waals surface area contributed by atoms with Gasteiger partial charge in [0.2, 0.25) is 5.88 Å². The fourth-order valence-electron chi connectivity index (χ4n) is 1.68. The van der Waals surface area contributed by atoms with Gasteiger partial charge in [0.25, 0.3) is 10.2 Å². The Kier molecular flexibility index (Phi) is 4.13. The molecule has 1 aliphatic rings. The molecule has 0 radical (unpaired) electrons. The number of halogens is 3. The first-order valence-electron chi connectivity index (χ1n) is 5.98. The maximum Gasteiger partial charge on any atom is 0.417 e. The normalized spacial score (nSPS) is 17.8. The van der Waals surface area contributed by atoms with Crippen molar-refractivity contribution in [3.8, 4) is 5.88 Å². The Morgan fingerprint density at radius 2 is 1.95 bits per heavy atom. The Morgan fingerprint density at radius 3 is 2.38 bits per heavy atom. The largest absolute Gasteiger partial charge is 0.472 e. The molecule has 0 N–H and O–H groups in total. The molecule has 0 aliphatic carbocycles. The van der Waals surface area contributed by atoms with E-state index in [4.69, 9.17) is 4.74 Å². The molecule has 0 aromatic carbocycles. The molecule has 10 heteroatoms. The van der Waals surface area contributed by atoms with Gasteiger partial charge < -0.3 is 4.74 Å². The standard InChI is InChI=1S/C11H14F3N3O3S/c1-16(2)21(18,19)17-6-9(7-17)20-10-4-3-8(5-15-10)11(12,13)14/h3-5,9H,6-7H2,1-2H3. The highest BCUT2D eigenvalue weighted by Gasteiger charge is 2.38. The molecule has 1 aromatic heterocycles. The van der Waals surface area contributed by atoms with Crippen LogP contribution in [0.5, 0.6) is 5.88 Å². The molecule has 0 spiro atoms. The molecule has 0 saturated carbocycles. The number of alkyl halides is 3. The molecule has 21 heavy (non-hydrogen) atoms. The van der Waals surface area contributed by atoms with E-state index < -0.39 is 28.1 Å². The van der Waals surface area contributed by atoms with E-state index in [0.717, 1.165) is 16.4 Å². The Labute approximate surface area is 120 Å². The first-order valence-corrected chi connectivity index (χ1v) is 7.38. The summed E-state index contributed by atoms with van der Waals surface area (Å²) in [4.78, 5) is 3.57. The lowest BCUT2D eigenvalue weighted by Gasteiger charge is -2.38. The average Bonchev–Trinajstić information content (AvgIpc) is 2.32. The Bertz CT molecular complexity index is 595. The van der Waals surface area contributed by atoms with E-state index in [2.05, 4.69) is 4.98 Å². The monoisotopic (exact) mass is 325 g/mol. The molecule has 6 nitrogen and oxygen atoms in total. The molecule has 118 valence electrons. The molecule has 0 unspecified atom stereocenters. The zero-order chi connectivity index (χ0) is 15.8. The van der Waals surface area contributed by atoms with Crippen molar-refractivity contribution >= 4 is 10.2 Å². The smallest absolute Gasteiger partial charge is 0.417 e. The van der Waals surface area contributed by atoms with Crippen molar-refractivity contribution in [3.05, 3.63) is 23.9 Å². The summed E-state index contributed by atoms with van der Waals surface area (Å²) in [5.41, 5.74) is -0.861. The third kappa shape index (κ3) is 3.44. The van der Waals surface area contributed by atoms with Gasteiger partial charge in [0.05, 0.1) is 18.7 Å². The van der Waals surface area contributed by atoms with Gasteiger partial charge in [-0.15, -0.1) is 0 Å². The second-order valence-corrected chi connectivity index (χ2v) is 6.87. The number of hydrogen-bond donors (Lipinski definition) is 0. The van der Waals surface area contributed by atoms with Gasteiger partial charge in [0.15, 0.2) is 0 Å². The van der Waals surface area contributed by atoms with Crippen LogP contribution in [0.1, 0.15) is 5.56 Å². The van der Waals surface area contributed by atoms with Crippen molar-refractivity contribution in [2.24, 2.45) is 0 Å². The van der Waals surface area contributed by atoms with Gasteiger partial charge in [-0.3, -0.25) is 0 Å². The van der Waals surface area contributed by atoms with Crippen molar-refractivity contribution in [2.45, 2.75) is 12.3 Å². The third-order valence-electron chi connectivity index (χ3n) is 2.95. The number of aromatic nitrogens is 1. The zero-order valence-electron chi connectivity index (χ0n) is 11.3. The van der Waals surface area contributed by atoms with Gasteiger partial charge in [0, 0.05) is 26.4 Å². The molecule has 1 aliphatic heterocycles. The fourth-order valence-corrected chi connectivity index (χ4v) is 2.85. The van der Waals surface area contributed by atoms with Crippen LogP contribution in [-0.2, 0) is 16.4 Å². The van der Waals surface area contributed by atoms with Crippen LogP contribution in [0.4, 0.5) is 13.2 Å². The molecule has 1 aromatic rings. The summed E-state index contributed by atoms with van der Waals surface area (Å²) in [6.07, 6.45) is -4.18.